The monoisotopic (exact) mass is 302 g/mol. The highest BCUT2D eigenvalue weighted by atomic mass is 35.5. The van der Waals surface area contributed by atoms with Crippen molar-refractivity contribution in [2.24, 2.45) is 5.73 Å². The molecule has 112 valence electrons. The van der Waals surface area contributed by atoms with Gasteiger partial charge in [-0.2, -0.15) is 0 Å². The number of amides is 1. The summed E-state index contributed by atoms with van der Waals surface area (Å²) in [6, 6.07) is 6.13. The number of carbonyl (C=O) groups is 2. The molecule has 0 bridgehead atoms. The summed E-state index contributed by atoms with van der Waals surface area (Å²) >= 11 is 0. The molecule has 1 atom stereocenters. The second-order valence-corrected chi connectivity index (χ2v) is 3.89. The molecule has 3 N–H and O–H groups in total. The van der Waals surface area contributed by atoms with Gasteiger partial charge >= 0.3 is 5.97 Å². The predicted octanol–water partition coefficient (Wildman–Crippen LogP) is 1.34. The Labute approximate surface area is 124 Å². The summed E-state index contributed by atoms with van der Waals surface area (Å²) < 4.78 is 9.63. The first-order valence-corrected chi connectivity index (χ1v) is 5.93. The molecule has 1 rings (SSSR count). The largest absolute Gasteiger partial charge is 0.482 e. The molecule has 0 saturated heterocycles. The highest BCUT2D eigenvalue weighted by Gasteiger charge is 2.10. The van der Waals surface area contributed by atoms with E-state index >= 15 is 0 Å². The Morgan fingerprint density at radius 3 is 2.40 bits per heavy atom. The summed E-state index contributed by atoms with van der Waals surface area (Å²) in [6.07, 6.45) is 0.576. The molecule has 1 amide bonds. The van der Waals surface area contributed by atoms with E-state index in [9.17, 15) is 9.59 Å². The van der Waals surface area contributed by atoms with E-state index in [2.05, 4.69) is 10.1 Å². The molecule has 6 nitrogen and oxygen atoms in total. The first kappa shape index (κ1) is 18.2. The van der Waals surface area contributed by atoms with Crippen LogP contribution in [0.15, 0.2) is 24.3 Å². The third-order valence-corrected chi connectivity index (χ3v) is 2.48. The van der Waals surface area contributed by atoms with Crippen molar-refractivity contribution >= 4 is 30.0 Å². The highest BCUT2D eigenvalue weighted by molar-refractivity contribution is 5.94. The summed E-state index contributed by atoms with van der Waals surface area (Å²) in [7, 11) is 1.29. The van der Waals surface area contributed by atoms with Crippen LogP contribution >= 0.6 is 12.4 Å². The van der Waals surface area contributed by atoms with Gasteiger partial charge in [-0.05, 0) is 30.7 Å². The minimum absolute atomic E-state index is 0. The zero-order chi connectivity index (χ0) is 14.3. The molecule has 0 radical (unpaired) electrons. The number of carbonyl (C=O) groups excluding carboxylic acids is 2. The summed E-state index contributed by atoms with van der Waals surface area (Å²) in [5, 5.41) is 2.68. The molecule has 1 aromatic rings. The second kappa shape index (κ2) is 9.17. The maximum Gasteiger partial charge on any atom is 0.343 e. The minimum Gasteiger partial charge on any atom is -0.482 e. The van der Waals surface area contributed by atoms with Gasteiger partial charge in [0.2, 0.25) is 5.91 Å². The second-order valence-electron chi connectivity index (χ2n) is 3.89. The van der Waals surface area contributed by atoms with Crippen LogP contribution in [0.1, 0.15) is 13.3 Å². The number of halogens is 1. The zero-order valence-corrected chi connectivity index (χ0v) is 12.2. The van der Waals surface area contributed by atoms with Crippen LogP contribution in [0.25, 0.3) is 0 Å². The molecule has 1 aromatic carbocycles. The fraction of sp³-hybridized carbons (Fsp3) is 0.385. The highest BCUT2D eigenvalue weighted by Crippen LogP contribution is 2.15. The Balaban J connectivity index is 0.00000361. The lowest BCUT2D eigenvalue weighted by atomic mass is 10.2. The Hall–Kier alpha value is -1.79. The van der Waals surface area contributed by atoms with E-state index in [-0.39, 0.29) is 24.9 Å². The van der Waals surface area contributed by atoms with Crippen LogP contribution in [0, 0.1) is 0 Å². The first-order chi connectivity index (χ1) is 9.06. The minimum atomic E-state index is -0.518. The fourth-order valence-electron chi connectivity index (χ4n) is 1.26. The summed E-state index contributed by atoms with van der Waals surface area (Å²) in [4.78, 5) is 22.4. The Kier molecular flexibility index (Phi) is 8.35. The van der Waals surface area contributed by atoms with E-state index in [0.29, 0.717) is 17.9 Å². The van der Waals surface area contributed by atoms with Crippen LogP contribution in [0.4, 0.5) is 5.69 Å². The molecule has 0 heterocycles. The van der Waals surface area contributed by atoms with Crippen molar-refractivity contribution in [3.8, 4) is 5.75 Å². The molecule has 0 spiro atoms. The summed E-state index contributed by atoms with van der Waals surface area (Å²) in [6.45, 7) is 1.69. The molecule has 7 heteroatoms. The van der Waals surface area contributed by atoms with E-state index in [1.807, 2.05) is 6.92 Å². The van der Waals surface area contributed by atoms with Crippen molar-refractivity contribution in [1.29, 1.82) is 0 Å². The van der Waals surface area contributed by atoms with Crippen molar-refractivity contribution < 1.29 is 19.1 Å². The molecular weight excluding hydrogens is 284 g/mol. The maximum absolute atomic E-state index is 11.6. The number of ether oxygens (including phenoxy) is 2. The Morgan fingerprint density at radius 1 is 1.30 bits per heavy atom. The van der Waals surface area contributed by atoms with Gasteiger partial charge in [-0.15, -0.1) is 12.4 Å². The van der Waals surface area contributed by atoms with Crippen LogP contribution in [0.5, 0.6) is 5.75 Å². The quantitative estimate of drug-likeness (QED) is 0.774. The lowest BCUT2D eigenvalue weighted by molar-refractivity contribution is -0.142. The normalized spacial score (nSPS) is 10.9. The molecule has 0 aliphatic carbocycles. The topological polar surface area (TPSA) is 90.7 Å². The fourth-order valence-corrected chi connectivity index (χ4v) is 1.26. The average molecular weight is 303 g/mol. The van der Waals surface area contributed by atoms with Crippen molar-refractivity contribution in [2.45, 2.75) is 19.4 Å². The van der Waals surface area contributed by atoms with Gasteiger partial charge in [-0.1, -0.05) is 6.92 Å². The number of esters is 1. The van der Waals surface area contributed by atoms with Gasteiger partial charge in [0.05, 0.1) is 13.2 Å². The number of nitrogens with one attached hydrogen (secondary N) is 1. The lowest BCUT2D eigenvalue weighted by Crippen LogP contribution is -2.34. The van der Waals surface area contributed by atoms with Crippen LogP contribution in [-0.4, -0.2) is 31.6 Å². The number of rotatable bonds is 6. The van der Waals surface area contributed by atoms with E-state index < -0.39 is 12.0 Å². The van der Waals surface area contributed by atoms with Crippen molar-refractivity contribution in [3.05, 3.63) is 24.3 Å². The summed E-state index contributed by atoms with van der Waals surface area (Å²) in [5.41, 5.74) is 6.23. The molecule has 0 fully saturated rings. The third-order valence-electron chi connectivity index (χ3n) is 2.48. The molecule has 0 saturated carbocycles. The van der Waals surface area contributed by atoms with Gasteiger partial charge in [-0.25, -0.2) is 4.79 Å². The predicted molar refractivity (Wildman–Crippen MR) is 78.1 cm³/mol. The van der Waals surface area contributed by atoms with Crippen LogP contribution < -0.4 is 15.8 Å². The third kappa shape index (κ3) is 5.90. The number of benzene rings is 1. The number of hydrogen-bond donors (Lipinski definition) is 2. The van der Waals surface area contributed by atoms with E-state index in [1.54, 1.807) is 24.3 Å². The van der Waals surface area contributed by atoms with Gasteiger partial charge in [0, 0.05) is 5.69 Å². The molecule has 0 aromatic heterocycles. The van der Waals surface area contributed by atoms with Crippen LogP contribution in [0.3, 0.4) is 0 Å². The summed E-state index contributed by atoms with van der Waals surface area (Å²) in [5.74, 6) is -0.166. The number of hydrogen-bond acceptors (Lipinski definition) is 5. The number of nitrogens with two attached hydrogens (primary N) is 1. The lowest BCUT2D eigenvalue weighted by Gasteiger charge is -2.10. The van der Waals surface area contributed by atoms with Crippen LogP contribution in [0.2, 0.25) is 0 Å². The standard InChI is InChI=1S/C13H18N2O4.ClH/c1-3-11(14)13(17)15-9-4-6-10(7-5-9)19-8-12(16)18-2;/h4-7,11H,3,8,14H2,1-2H3,(H,15,17);1H/t11-;/m0./s1. The molecular formula is C13H19ClN2O4. The molecule has 20 heavy (non-hydrogen) atoms. The Morgan fingerprint density at radius 2 is 1.90 bits per heavy atom. The first-order valence-electron chi connectivity index (χ1n) is 5.93. The maximum atomic E-state index is 11.6. The van der Waals surface area contributed by atoms with Crippen LogP contribution in [-0.2, 0) is 14.3 Å². The van der Waals surface area contributed by atoms with E-state index in [4.69, 9.17) is 10.5 Å². The van der Waals surface area contributed by atoms with Gasteiger partial charge in [0.25, 0.3) is 0 Å². The molecule has 0 unspecified atom stereocenters. The van der Waals surface area contributed by atoms with Gasteiger partial charge in [0.15, 0.2) is 6.61 Å². The van der Waals surface area contributed by atoms with Crippen molar-refractivity contribution in [3.63, 3.8) is 0 Å². The van der Waals surface area contributed by atoms with Gasteiger partial charge in [-0.3, -0.25) is 4.79 Å². The zero-order valence-electron chi connectivity index (χ0n) is 11.4. The SMILES string of the molecule is CC[C@H](N)C(=O)Nc1ccc(OCC(=O)OC)cc1.Cl. The average Bonchev–Trinajstić information content (AvgIpc) is 2.45. The molecule has 0 aliphatic heterocycles. The van der Waals surface area contributed by atoms with Crippen molar-refractivity contribution in [2.75, 3.05) is 19.0 Å². The Bertz CT molecular complexity index is 437. The van der Waals surface area contributed by atoms with Gasteiger partial charge in [0.1, 0.15) is 5.75 Å². The number of anilines is 1. The van der Waals surface area contributed by atoms with Crippen molar-refractivity contribution in [1.82, 2.24) is 0 Å². The number of methoxy groups -OCH3 is 1. The van der Waals surface area contributed by atoms with E-state index in [1.165, 1.54) is 7.11 Å². The van der Waals surface area contributed by atoms with E-state index in [0.717, 1.165) is 0 Å². The molecule has 0 aliphatic rings. The smallest absolute Gasteiger partial charge is 0.343 e. The van der Waals surface area contributed by atoms with Gasteiger partial charge < -0.3 is 20.5 Å².